The minimum Gasteiger partial charge on any atom is -0.493 e. The Labute approximate surface area is 177 Å². The highest BCUT2D eigenvalue weighted by Gasteiger charge is 2.16. The van der Waals surface area contributed by atoms with Crippen molar-refractivity contribution < 1.29 is 19.0 Å². The molecule has 6 nitrogen and oxygen atoms in total. The van der Waals surface area contributed by atoms with Crippen molar-refractivity contribution in [1.29, 1.82) is 0 Å². The Morgan fingerprint density at radius 3 is 2.45 bits per heavy atom. The third-order valence-electron chi connectivity index (χ3n) is 4.60. The molecule has 29 heavy (non-hydrogen) atoms. The predicted octanol–water partition coefficient (Wildman–Crippen LogP) is 4.63. The lowest BCUT2D eigenvalue weighted by molar-refractivity contribution is 0.0525. The van der Waals surface area contributed by atoms with Gasteiger partial charge in [0.1, 0.15) is 0 Å². The van der Waals surface area contributed by atoms with E-state index < -0.39 is 0 Å². The standard InChI is InChI=1S/C22H28N2O4S/c1-6-17(15-11-12-19(26-4)20(13-15)27-5)23-22(29)24-18-10-8-9-16(14(18)3)21(25)28-7-2/h8-13,17H,6-7H2,1-5H3,(H2,23,24,29)/t17-/m0/s1. The summed E-state index contributed by atoms with van der Waals surface area (Å²) >= 11 is 5.51. The summed E-state index contributed by atoms with van der Waals surface area (Å²) in [6.45, 7) is 6.05. The van der Waals surface area contributed by atoms with Crippen molar-refractivity contribution in [2.24, 2.45) is 0 Å². The first-order chi connectivity index (χ1) is 13.9. The van der Waals surface area contributed by atoms with Crippen LogP contribution in [0.5, 0.6) is 11.5 Å². The number of hydrogen-bond acceptors (Lipinski definition) is 5. The predicted molar refractivity (Wildman–Crippen MR) is 119 cm³/mol. The van der Waals surface area contributed by atoms with Crippen LogP contribution >= 0.6 is 12.2 Å². The van der Waals surface area contributed by atoms with Gasteiger partial charge in [-0.3, -0.25) is 0 Å². The molecule has 2 rings (SSSR count). The van der Waals surface area contributed by atoms with Crippen molar-refractivity contribution in [3.05, 3.63) is 53.1 Å². The summed E-state index contributed by atoms with van der Waals surface area (Å²) in [7, 11) is 3.22. The molecular formula is C22H28N2O4S. The maximum Gasteiger partial charge on any atom is 0.338 e. The minimum atomic E-state index is -0.343. The van der Waals surface area contributed by atoms with E-state index in [1.165, 1.54) is 0 Å². The first-order valence-corrected chi connectivity index (χ1v) is 9.92. The van der Waals surface area contributed by atoms with Crippen molar-refractivity contribution in [1.82, 2.24) is 5.32 Å². The number of carbonyl (C=O) groups excluding carboxylic acids is 1. The number of carbonyl (C=O) groups is 1. The van der Waals surface area contributed by atoms with Gasteiger partial charge >= 0.3 is 5.97 Å². The normalized spacial score (nSPS) is 11.3. The van der Waals surface area contributed by atoms with Crippen molar-refractivity contribution in [2.75, 3.05) is 26.1 Å². The zero-order valence-electron chi connectivity index (χ0n) is 17.5. The lowest BCUT2D eigenvalue weighted by atomic mass is 10.0. The smallest absolute Gasteiger partial charge is 0.338 e. The van der Waals surface area contributed by atoms with E-state index in [9.17, 15) is 4.79 Å². The molecule has 0 aliphatic carbocycles. The highest BCUT2D eigenvalue weighted by molar-refractivity contribution is 7.80. The minimum absolute atomic E-state index is 0.0108. The van der Waals surface area contributed by atoms with Gasteiger partial charge in [0.05, 0.1) is 32.4 Å². The van der Waals surface area contributed by atoms with E-state index in [-0.39, 0.29) is 12.0 Å². The largest absolute Gasteiger partial charge is 0.493 e. The van der Waals surface area contributed by atoms with E-state index in [1.807, 2.05) is 31.2 Å². The molecule has 0 amide bonds. The number of esters is 1. The summed E-state index contributed by atoms with van der Waals surface area (Å²) in [6.07, 6.45) is 0.819. The first kappa shape index (κ1) is 22.5. The van der Waals surface area contributed by atoms with E-state index in [2.05, 4.69) is 17.6 Å². The number of ether oxygens (including phenoxy) is 3. The third-order valence-corrected chi connectivity index (χ3v) is 4.82. The fourth-order valence-electron chi connectivity index (χ4n) is 3.01. The second-order valence-corrected chi connectivity index (χ2v) is 6.78. The number of benzene rings is 2. The van der Waals surface area contributed by atoms with Crippen LogP contribution in [0.15, 0.2) is 36.4 Å². The molecule has 1 atom stereocenters. The van der Waals surface area contributed by atoms with Gasteiger partial charge in [-0.1, -0.05) is 19.1 Å². The average Bonchev–Trinajstić information content (AvgIpc) is 2.73. The molecule has 0 bridgehead atoms. The van der Waals surface area contributed by atoms with Crippen molar-refractivity contribution in [3.63, 3.8) is 0 Å². The Bertz CT molecular complexity index is 870. The number of rotatable bonds is 8. The lowest BCUT2D eigenvalue weighted by Gasteiger charge is -2.22. The number of methoxy groups -OCH3 is 2. The van der Waals surface area contributed by atoms with Crippen LogP contribution in [0.25, 0.3) is 0 Å². The van der Waals surface area contributed by atoms with E-state index in [0.717, 1.165) is 23.2 Å². The molecule has 0 saturated carbocycles. The van der Waals surface area contributed by atoms with E-state index in [1.54, 1.807) is 33.3 Å². The zero-order chi connectivity index (χ0) is 21.4. The van der Waals surface area contributed by atoms with Gasteiger partial charge in [-0.2, -0.15) is 0 Å². The van der Waals surface area contributed by atoms with Crippen molar-refractivity contribution in [2.45, 2.75) is 33.2 Å². The number of anilines is 1. The molecule has 0 saturated heterocycles. The highest BCUT2D eigenvalue weighted by atomic mass is 32.1. The van der Waals surface area contributed by atoms with Gasteiger partial charge in [-0.25, -0.2) is 4.79 Å². The summed E-state index contributed by atoms with van der Waals surface area (Å²) in [5.74, 6) is 1.00. The molecule has 0 unspecified atom stereocenters. The molecule has 0 fully saturated rings. The summed E-state index contributed by atoms with van der Waals surface area (Å²) in [6, 6.07) is 11.2. The van der Waals surface area contributed by atoms with Crippen LogP contribution in [0.1, 0.15) is 47.8 Å². The molecule has 0 spiro atoms. The van der Waals surface area contributed by atoms with Gasteiger partial charge in [-0.15, -0.1) is 0 Å². The van der Waals surface area contributed by atoms with Crippen LogP contribution < -0.4 is 20.1 Å². The molecule has 0 radical (unpaired) electrons. The molecule has 0 aromatic heterocycles. The number of hydrogen-bond donors (Lipinski definition) is 2. The van der Waals surface area contributed by atoms with Gasteiger partial charge in [0.2, 0.25) is 0 Å². The van der Waals surface area contributed by atoms with Crippen LogP contribution in [0.2, 0.25) is 0 Å². The zero-order valence-corrected chi connectivity index (χ0v) is 18.3. The Morgan fingerprint density at radius 1 is 1.10 bits per heavy atom. The maximum atomic E-state index is 12.1. The van der Waals surface area contributed by atoms with E-state index >= 15 is 0 Å². The van der Waals surface area contributed by atoms with Gasteiger partial charge in [0.15, 0.2) is 16.6 Å². The number of thiocarbonyl (C=S) groups is 1. The molecule has 0 aliphatic heterocycles. The Morgan fingerprint density at radius 2 is 1.83 bits per heavy atom. The van der Waals surface area contributed by atoms with E-state index in [0.29, 0.717) is 28.8 Å². The fraction of sp³-hybridized carbons (Fsp3) is 0.364. The Balaban J connectivity index is 2.15. The second-order valence-electron chi connectivity index (χ2n) is 6.37. The van der Waals surface area contributed by atoms with Crippen LogP contribution in [-0.4, -0.2) is 31.9 Å². The molecule has 7 heteroatoms. The highest BCUT2D eigenvalue weighted by Crippen LogP contribution is 2.31. The first-order valence-electron chi connectivity index (χ1n) is 9.51. The molecule has 2 aromatic carbocycles. The van der Waals surface area contributed by atoms with Crippen molar-refractivity contribution >= 4 is 29.0 Å². The summed E-state index contributed by atoms with van der Waals surface area (Å²) in [4.78, 5) is 12.1. The quantitative estimate of drug-likeness (QED) is 0.480. The number of nitrogens with one attached hydrogen (secondary N) is 2. The SMILES string of the molecule is CCOC(=O)c1cccc(NC(=S)N[C@@H](CC)c2ccc(OC)c(OC)c2)c1C. The average molecular weight is 417 g/mol. The topological polar surface area (TPSA) is 68.8 Å². The molecule has 2 aromatic rings. The van der Waals surface area contributed by atoms with Gasteiger partial charge in [0, 0.05) is 5.69 Å². The van der Waals surface area contributed by atoms with Gasteiger partial charge in [0.25, 0.3) is 0 Å². The summed E-state index contributed by atoms with van der Waals surface area (Å²) < 4.78 is 15.8. The monoisotopic (exact) mass is 416 g/mol. The van der Waals surface area contributed by atoms with Gasteiger partial charge in [-0.05, 0) is 67.9 Å². The molecule has 0 heterocycles. The van der Waals surface area contributed by atoms with Gasteiger partial charge < -0.3 is 24.8 Å². The van der Waals surface area contributed by atoms with Crippen LogP contribution in [0.4, 0.5) is 5.69 Å². The Kier molecular flexibility index (Phi) is 8.27. The molecule has 2 N–H and O–H groups in total. The lowest BCUT2D eigenvalue weighted by Crippen LogP contribution is -2.32. The van der Waals surface area contributed by atoms with Crippen LogP contribution in [0.3, 0.4) is 0 Å². The summed E-state index contributed by atoms with van der Waals surface area (Å²) in [5.41, 5.74) is 3.10. The molecule has 0 aliphatic rings. The Hall–Kier alpha value is -2.80. The van der Waals surface area contributed by atoms with Crippen LogP contribution in [-0.2, 0) is 4.74 Å². The molecular weight excluding hydrogens is 388 g/mol. The summed E-state index contributed by atoms with van der Waals surface area (Å²) in [5, 5.41) is 6.99. The van der Waals surface area contributed by atoms with Crippen LogP contribution in [0, 0.1) is 6.92 Å². The maximum absolute atomic E-state index is 12.1. The molecule has 156 valence electrons. The van der Waals surface area contributed by atoms with E-state index in [4.69, 9.17) is 26.4 Å². The third kappa shape index (κ3) is 5.60. The van der Waals surface area contributed by atoms with Crippen molar-refractivity contribution in [3.8, 4) is 11.5 Å². The second kappa shape index (κ2) is 10.7. The fourth-order valence-corrected chi connectivity index (χ4v) is 3.26.